The van der Waals surface area contributed by atoms with Crippen LogP contribution in [-0.2, 0) is 0 Å². The first-order valence-corrected chi connectivity index (χ1v) is 12.4. The second-order valence-electron chi connectivity index (χ2n) is 7.17. The van der Waals surface area contributed by atoms with Crippen molar-refractivity contribution in [3.8, 4) is 11.1 Å². The maximum atomic E-state index is 13.2. The van der Waals surface area contributed by atoms with Crippen molar-refractivity contribution in [1.29, 1.82) is 0 Å². The van der Waals surface area contributed by atoms with Crippen molar-refractivity contribution in [3.63, 3.8) is 0 Å². The molecule has 3 rings (SSSR count). The Bertz CT molecular complexity index is 929. The van der Waals surface area contributed by atoms with E-state index in [1.165, 1.54) is 16.4 Å². The van der Waals surface area contributed by atoms with Crippen LogP contribution in [0.5, 0.6) is 0 Å². The number of hydrogen-bond acceptors (Lipinski definition) is 2. The van der Waals surface area contributed by atoms with Gasteiger partial charge in [0.05, 0.1) is 8.80 Å². The first-order chi connectivity index (χ1) is 13.5. The molecule has 3 aromatic rings. The fourth-order valence-corrected chi connectivity index (χ4v) is 4.70. The Morgan fingerprint density at radius 1 is 0.821 bits per heavy atom. The second-order valence-corrected chi connectivity index (χ2v) is 9.71. The van der Waals surface area contributed by atoms with E-state index in [9.17, 15) is 4.79 Å². The summed E-state index contributed by atoms with van der Waals surface area (Å²) in [5, 5.41) is 1.21. The Morgan fingerprint density at radius 2 is 1.43 bits per heavy atom. The van der Waals surface area contributed by atoms with E-state index in [1.54, 1.807) is 0 Å². The summed E-state index contributed by atoms with van der Waals surface area (Å²) in [6.07, 6.45) is 0. The van der Waals surface area contributed by atoms with Crippen molar-refractivity contribution in [2.75, 3.05) is 18.0 Å². The van der Waals surface area contributed by atoms with Crippen molar-refractivity contribution in [3.05, 3.63) is 83.9 Å². The molecule has 0 saturated heterocycles. The van der Waals surface area contributed by atoms with E-state index < -0.39 is 8.80 Å². The van der Waals surface area contributed by atoms with Crippen LogP contribution in [0, 0.1) is 0 Å². The number of benzene rings is 3. The van der Waals surface area contributed by atoms with Gasteiger partial charge in [0.15, 0.2) is 5.78 Å². The number of rotatable bonds is 7. The third kappa shape index (κ3) is 4.25. The van der Waals surface area contributed by atoms with Crippen molar-refractivity contribution >= 4 is 25.5 Å². The third-order valence-electron chi connectivity index (χ3n) is 5.17. The molecular formula is C25H28NOSi. The summed E-state index contributed by atoms with van der Waals surface area (Å²) in [7, 11) is -0.763. The largest absolute Gasteiger partial charge is 0.372 e. The van der Waals surface area contributed by atoms with Crippen molar-refractivity contribution in [1.82, 2.24) is 0 Å². The van der Waals surface area contributed by atoms with Crippen LogP contribution in [0.15, 0.2) is 72.8 Å². The Morgan fingerprint density at radius 3 is 2.00 bits per heavy atom. The molecule has 0 aliphatic carbocycles. The SMILES string of the molecule is CCN(CC)c1ccc(C(=O)c2ccc(-c3ccccc3)cc2)c([Si](C)C)c1. The van der Waals surface area contributed by atoms with Gasteiger partial charge in [-0.3, -0.25) is 4.79 Å². The van der Waals surface area contributed by atoms with Gasteiger partial charge < -0.3 is 4.90 Å². The van der Waals surface area contributed by atoms with Crippen molar-refractivity contribution in [2.45, 2.75) is 26.9 Å². The zero-order valence-corrected chi connectivity index (χ0v) is 18.2. The van der Waals surface area contributed by atoms with E-state index in [0.717, 1.165) is 29.8 Å². The molecule has 0 unspecified atom stereocenters. The summed E-state index contributed by atoms with van der Waals surface area (Å²) in [5.41, 5.74) is 5.10. The normalized spacial score (nSPS) is 10.9. The van der Waals surface area contributed by atoms with Crippen molar-refractivity contribution in [2.24, 2.45) is 0 Å². The van der Waals surface area contributed by atoms with Crippen LogP contribution >= 0.6 is 0 Å². The molecule has 0 saturated carbocycles. The van der Waals surface area contributed by atoms with Crippen LogP contribution in [0.1, 0.15) is 29.8 Å². The number of nitrogens with zero attached hydrogens (tertiary/aromatic N) is 1. The summed E-state index contributed by atoms with van der Waals surface area (Å²) < 4.78 is 0. The van der Waals surface area contributed by atoms with Gasteiger partial charge in [-0.25, -0.2) is 0 Å². The fraction of sp³-hybridized carbons (Fsp3) is 0.240. The number of carbonyl (C=O) groups excluding carboxylic acids is 1. The molecule has 0 heterocycles. The van der Waals surface area contributed by atoms with E-state index in [2.05, 4.69) is 56.1 Å². The van der Waals surface area contributed by atoms with E-state index in [4.69, 9.17) is 0 Å². The molecule has 1 radical (unpaired) electrons. The van der Waals surface area contributed by atoms with Crippen LogP contribution in [0.25, 0.3) is 11.1 Å². The molecule has 3 aromatic carbocycles. The van der Waals surface area contributed by atoms with E-state index >= 15 is 0 Å². The van der Waals surface area contributed by atoms with Gasteiger partial charge in [-0.1, -0.05) is 67.7 Å². The Balaban J connectivity index is 1.93. The first kappa shape index (κ1) is 20.1. The molecule has 28 heavy (non-hydrogen) atoms. The molecule has 0 fully saturated rings. The fourth-order valence-electron chi connectivity index (χ4n) is 3.53. The topological polar surface area (TPSA) is 20.3 Å². The summed E-state index contributed by atoms with van der Waals surface area (Å²) in [4.78, 5) is 15.6. The van der Waals surface area contributed by atoms with Gasteiger partial charge in [0, 0.05) is 29.9 Å². The Hall–Kier alpha value is -2.65. The summed E-state index contributed by atoms with van der Waals surface area (Å²) in [6, 6.07) is 24.6. The van der Waals surface area contributed by atoms with Crippen LogP contribution in [0.4, 0.5) is 5.69 Å². The standard InChI is InChI=1S/C25H28NOSi/c1-5-26(6-2)22-16-17-23(24(18-22)28(3)4)25(27)21-14-12-20(13-15-21)19-10-8-7-9-11-19/h7-18H,5-6H2,1-4H3. The third-order valence-corrected chi connectivity index (χ3v) is 6.66. The molecule has 3 heteroatoms. The van der Waals surface area contributed by atoms with Gasteiger partial charge >= 0.3 is 0 Å². The van der Waals surface area contributed by atoms with Gasteiger partial charge in [0.2, 0.25) is 0 Å². The van der Waals surface area contributed by atoms with Crippen LogP contribution in [0.2, 0.25) is 13.1 Å². The molecular weight excluding hydrogens is 358 g/mol. The maximum absolute atomic E-state index is 13.2. The van der Waals surface area contributed by atoms with Crippen molar-refractivity contribution < 1.29 is 4.79 Å². The van der Waals surface area contributed by atoms with Crippen LogP contribution in [0.3, 0.4) is 0 Å². The lowest BCUT2D eigenvalue weighted by Gasteiger charge is -2.23. The molecule has 0 atom stereocenters. The van der Waals surface area contributed by atoms with E-state index in [0.29, 0.717) is 0 Å². The minimum Gasteiger partial charge on any atom is -0.372 e. The highest BCUT2D eigenvalue weighted by atomic mass is 28.3. The zero-order valence-electron chi connectivity index (χ0n) is 17.2. The minimum absolute atomic E-state index is 0.118. The number of carbonyl (C=O) groups is 1. The van der Waals surface area contributed by atoms with Gasteiger partial charge in [0.1, 0.15) is 0 Å². The summed E-state index contributed by atoms with van der Waals surface area (Å²) in [5.74, 6) is 0.118. The molecule has 0 aliphatic rings. The molecule has 0 aliphatic heterocycles. The zero-order chi connectivity index (χ0) is 20.1. The van der Waals surface area contributed by atoms with Gasteiger partial charge in [-0.15, -0.1) is 0 Å². The Labute approximate surface area is 170 Å². The molecule has 2 nitrogen and oxygen atoms in total. The van der Waals surface area contributed by atoms with E-state index in [-0.39, 0.29) is 5.78 Å². The molecule has 0 spiro atoms. The van der Waals surface area contributed by atoms with Gasteiger partial charge in [-0.05, 0) is 48.4 Å². The highest BCUT2D eigenvalue weighted by Gasteiger charge is 2.18. The van der Waals surface area contributed by atoms with Crippen LogP contribution < -0.4 is 10.1 Å². The quantitative estimate of drug-likeness (QED) is 0.401. The van der Waals surface area contributed by atoms with Crippen LogP contribution in [-0.4, -0.2) is 27.7 Å². The minimum atomic E-state index is -0.763. The summed E-state index contributed by atoms with van der Waals surface area (Å²) in [6.45, 7) is 10.8. The Kier molecular flexibility index (Phi) is 6.48. The highest BCUT2D eigenvalue weighted by molar-refractivity contribution is 6.72. The predicted octanol–water partition coefficient (Wildman–Crippen LogP) is 5.39. The molecule has 0 aromatic heterocycles. The lowest BCUT2D eigenvalue weighted by molar-refractivity contribution is 0.104. The second kappa shape index (κ2) is 9.02. The monoisotopic (exact) mass is 386 g/mol. The summed E-state index contributed by atoms with van der Waals surface area (Å²) >= 11 is 0. The highest BCUT2D eigenvalue weighted by Crippen LogP contribution is 2.21. The average molecular weight is 387 g/mol. The lowest BCUT2D eigenvalue weighted by Crippen LogP contribution is -2.31. The van der Waals surface area contributed by atoms with Gasteiger partial charge in [-0.2, -0.15) is 0 Å². The molecule has 0 amide bonds. The smallest absolute Gasteiger partial charge is 0.192 e. The molecule has 143 valence electrons. The number of ketones is 1. The average Bonchev–Trinajstić information content (AvgIpc) is 2.75. The number of anilines is 1. The maximum Gasteiger partial charge on any atom is 0.192 e. The predicted molar refractivity (Wildman–Crippen MR) is 122 cm³/mol. The van der Waals surface area contributed by atoms with E-state index in [1.807, 2.05) is 48.5 Å². The molecule has 0 N–H and O–H groups in total. The molecule has 0 bridgehead atoms. The first-order valence-electron chi connectivity index (χ1n) is 9.94. The lowest BCUT2D eigenvalue weighted by atomic mass is 9.99. The number of hydrogen-bond donors (Lipinski definition) is 0. The van der Waals surface area contributed by atoms with Gasteiger partial charge in [0.25, 0.3) is 0 Å².